The van der Waals surface area contributed by atoms with E-state index in [4.69, 9.17) is 0 Å². The topological polar surface area (TPSA) is 66.5 Å². The van der Waals surface area contributed by atoms with E-state index in [0.717, 1.165) is 15.6 Å². The van der Waals surface area contributed by atoms with Crippen molar-refractivity contribution in [2.24, 2.45) is 5.92 Å². The number of nitrogens with zero attached hydrogens (tertiary/aromatic N) is 1. The summed E-state index contributed by atoms with van der Waals surface area (Å²) in [6.07, 6.45) is 0. The molecule has 0 unspecified atom stereocenters. The fourth-order valence-electron chi connectivity index (χ4n) is 2.41. The van der Waals surface area contributed by atoms with Gasteiger partial charge in [0.2, 0.25) is 15.9 Å². The molecular formula is C20H25BrN2O3S. The van der Waals surface area contributed by atoms with Gasteiger partial charge >= 0.3 is 0 Å². The Morgan fingerprint density at radius 3 is 2.22 bits per heavy atom. The maximum atomic E-state index is 13.1. The number of rotatable bonds is 8. The number of carbonyl (C=O) groups excluding carboxylic acids is 1. The first-order valence-electron chi connectivity index (χ1n) is 8.76. The highest BCUT2D eigenvalue weighted by atomic mass is 79.9. The molecule has 0 fully saturated rings. The van der Waals surface area contributed by atoms with Crippen molar-refractivity contribution >= 4 is 31.9 Å². The molecule has 146 valence electrons. The molecule has 0 saturated heterocycles. The molecule has 27 heavy (non-hydrogen) atoms. The van der Waals surface area contributed by atoms with E-state index in [1.165, 1.54) is 4.31 Å². The summed E-state index contributed by atoms with van der Waals surface area (Å²) in [5.41, 5.74) is 1.79. The Labute approximate surface area is 170 Å². The van der Waals surface area contributed by atoms with Crippen molar-refractivity contribution in [3.05, 3.63) is 64.1 Å². The molecule has 0 atom stereocenters. The molecule has 7 heteroatoms. The second-order valence-corrected chi connectivity index (χ2v) is 9.76. The first-order valence-corrected chi connectivity index (χ1v) is 11.0. The lowest BCUT2D eigenvalue weighted by Gasteiger charge is -2.22. The van der Waals surface area contributed by atoms with Gasteiger partial charge in [0.15, 0.2) is 0 Å². The third-order valence-electron chi connectivity index (χ3n) is 3.96. The Kier molecular flexibility index (Phi) is 7.59. The summed E-state index contributed by atoms with van der Waals surface area (Å²) in [6, 6.07) is 14.0. The van der Waals surface area contributed by atoms with E-state index in [2.05, 4.69) is 21.2 Å². The number of benzene rings is 2. The molecule has 0 heterocycles. The van der Waals surface area contributed by atoms with Gasteiger partial charge in [0.05, 0.1) is 11.4 Å². The van der Waals surface area contributed by atoms with Gasteiger partial charge in [-0.25, -0.2) is 8.42 Å². The highest BCUT2D eigenvalue weighted by Gasteiger charge is 2.26. The number of carbonyl (C=O) groups is 1. The second-order valence-electron chi connectivity index (χ2n) is 6.91. The highest BCUT2D eigenvalue weighted by molar-refractivity contribution is 9.10. The molecule has 0 saturated carbocycles. The van der Waals surface area contributed by atoms with Crippen LogP contribution in [0.4, 0.5) is 0 Å². The second kappa shape index (κ2) is 9.48. The van der Waals surface area contributed by atoms with Crippen LogP contribution in [0.5, 0.6) is 0 Å². The van der Waals surface area contributed by atoms with Crippen LogP contribution < -0.4 is 5.32 Å². The van der Waals surface area contributed by atoms with E-state index < -0.39 is 10.0 Å². The third-order valence-corrected chi connectivity index (χ3v) is 6.29. The Morgan fingerprint density at radius 2 is 1.67 bits per heavy atom. The quantitative estimate of drug-likeness (QED) is 0.663. The zero-order chi connectivity index (χ0) is 20.0. The maximum Gasteiger partial charge on any atom is 0.243 e. The summed E-state index contributed by atoms with van der Waals surface area (Å²) < 4.78 is 28.4. The lowest BCUT2D eigenvalue weighted by atomic mass is 10.2. The van der Waals surface area contributed by atoms with Crippen LogP contribution in [0.1, 0.15) is 25.0 Å². The minimum Gasteiger partial charge on any atom is -0.355 e. The zero-order valence-corrected chi connectivity index (χ0v) is 18.2. The van der Waals surface area contributed by atoms with E-state index in [0.29, 0.717) is 12.5 Å². The van der Waals surface area contributed by atoms with Crippen molar-refractivity contribution in [2.45, 2.75) is 32.2 Å². The molecule has 0 radical (unpaired) electrons. The zero-order valence-electron chi connectivity index (χ0n) is 15.8. The van der Waals surface area contributed by atoms with Crippen LogP contribution in [0.15, 0.2) is 57.9 Å². The van der Waals surface area contributed by atoms with Gasteiger partial charge in [-0.05, 0) is 42.7 Å². The molecule has 5 nitrogen and oxygen atoms in total. The summed E-state index contributed by atoms with van der Waals surface area (Å²) >= 11 is 3.37. The Morgan fingerprint density at radius 1 is 1.07 bits per heavy atom. The minimum absolute atomic E-state index is 0.124. The standard InChI is InChI=1S/C20H25BrN2O3S/c1-15(2)12-22-20(24)14-23(13-17-6-8-18(21)9-7-17)27(25,26)19-10-4-16(3)5-11-19/h4-11,15H,12-14H2,1-3H3,(H,22,24). The molecule has 2 rings (SSSR count). The van der Waals surface area contributed by atoms with Crippen LogP contribution in [0, 0.1) is 12.8 Å². The number of halogens is 1. The van der Waals surface area contributed by atoms with Crippen molar-refractivity contribution < 1.29 is 13.2 Å². The van der Waals surface area contributed by atoms with Crippen LogP contribution >= 0.6 is 15.9 Å². The van der Waals surface area contributed by atoms with Crippen LogP contribution in [0.2, 0.25) is 0 Å². The fraction of sp³-hybridized carbons (Fsp3) is 0.350. The molecule has 2 aromatic rings. The van der Waals surface area contributed by atoms with Gasteiger partial charge in [-0.2, -0.15) is 4.31 Å². The third kappa shape index (κ3) is 6.45. The van der Waals surface area contributed by atoms with Gasteiger partial charge in [-0.3, -0.25) is 4.79 Å². The molecular weight excluding hydrogens is 428 g/mol. The average Bonchev–Trinajstić information content (AvgIpc) is 2.61. The van der Waals surface area contributed by atoms with E-state index in [-0.39, 0.29) is 23.9 Å². The van der Waals surface area contributed by atoms with Crippen molar-refractivity contribution in [1.29, 1.82) is 0 Å². The Bertz CT molecular complexity index is 863. The number of nitrogens with one attached hydrogen (secondary N) is 1. The molecule has 0 aliphatic heterocycles. The Balaban J connectivity index is 2.28. The predicted octanol–water partition coefficient (Wildman–Crippen LogP) is 3.72. The van der Waals surface area contributed by atoms with Gasteiger partial charge in [0.25, 0.3) is 0 Å². The fourth-order valence-corrected chi connectivity index (χ4v) is 4.06. The van der Waals surface area contributed by atoms with E-state index in [1.54, 1.807) is 24.3 Å². The van der Waals surface area contributed by atoms with Crippen molar-refractivity contribution in [2.75, 3.05) is 13.1 Å². The molecule has 1 N–H and O–H groups in total. The van der Waals surface area contributed by atoms with Crippen LogP contribution in [-0.4, -0.2) is 31.7 Å². The minimum atomic E-state index is -3.80. The van der Waals surface area contributed by atoms with Crippen LogP contribution in [0.25, 0.3) is 0 Å². The molecule has 0 spiro atoms. The molecule has 1 amide bonds. The molecule has 0 aliphatic rings. The van der Waals surface area contributed by atoms with Crippen molar-refractivity contribution in [3.63, 3.8) is 0 Å². The summed E-state index contributed by atoms with van der Waals surface area (Å²) in [7, 11) is -3.80. The number of amides is 1. The van der Waals surface area contributed by atoms with Crippen molar-refractivity contribution in [1.82, 2.24) is 9.62 Å². The van der Waals surface area contributed by atoms with Gasteiger partial charge in [-0.1, -0.05) is 59.6 Å². The molecule has 0 aromatic heterocycles. The summed E-state index contributed by atoms with van der Waals surface area (Å²) in [6.45, 7) is 6.29. The van der Waals surface area contributed by atoms with Crippen LogP contribution in [-0.2, 0) is 21.4 Å². The number of aryl methyl sites for hydroxylation is 1. The van der Waals surface area contributed by atoms with Crippen molar-refractivity contribution in [3.8, 4) is 0 Å². The van der Waals surface area contributed by atoms with E-state index in [9.17, 15) is 13.2 Å². The van der Waals surface area contributed by atoms with Gasteiger partial charge in [0.1, 0.15) is 0 Å². The Hall–Kier alpha value is -1.70. The summed E-state index contributed by atoms with van der Waals surface area (Å²) in [5, 5.41) is 2.79. The van der Waals surface area contributed by atoms with E-state index in [1.807, 2.05) is 45.0 Å². The average molecular weight is 453 g/mol. The smallest absolute Gasteiger partial charge is 0.243 e. The largest absolute Gasteiger partial charge is 0.355 e. The molecule has 2 aromatic carbocycles. The normalized spacial score (nSPS) is 11.8. The summed E-state index contributed by atoms with van der Waals surface area (Å²) in [5.74, 6) is -0.0147. The monoisotopic (exact) mass is 452 g/mol. The predicted molar refractivity (Wildman–Crippen MR) is 111 cm³/mol. The first kappa shape index (κ1) is 21.6. The van der Waals surface area contributed by atoms with E-state index >= 15 is 0 Å². The van der Waals surface area contributed by atoms with Crippen LogP contribution in [0.3, 0.4) is 0 Å². The maximum absolute atomic E-state index is 13.1. The number of hydrogen-bond donors (Lipinski definition) is 1. The SMILES string of the molecule is Cc1ccc(S(=O)(=O)N(CC(=O)NCC(C)C)Cc2ccc(Br)cc2)cc1. The van der Waals surface area contributed by atoms with Gasteiger partial charge in [-0.15, -0.1) is 0 Å². The number of hydrogen-bond acceptors (Lipinski definition) is 3. The summed E-state index contributed by atoms with van der Waals surface area (Å²) in [4.78, 5) is 12.5. The lowest BCUT2D eigenvalue weighted by Crippen LogP contribution is -2.41. The molecule has 0 bridgehead atoms. The van der Waals surface area contributed by atoms with Gasteiger partial charge < -0.3 is 5.32 Å². The molecule has 0 aliphatic carbocycles. The highest BCUT2D eigenvalue weighted by Crippen LogP contribution is 2.20. The first-order chi connectivity index (χ1) is 12.7. The van der Waals surface area contributed by atoms with Gasteiger partial charge in [0, 0.05) is 17.6 Å². The lowest BCUT2D eigenvalue weighted by molar-refractivity contribution is -0.121. The number of sulfonamides is 1.